The number of rotatable bonds is 13. The fourth-order valence-corrected chi connectivity index (χ4v) is 3.84. The maximum atomic E-state index is 13.1. The van der Waals surface area contributed by atoms with Crippen molar-refractivity contribution in [2.75, 3.05) is 6.54 Å². The monoisotopic (exact) mass is 470 g/mol. The van der Waals surface area contributed by atoms with E-state index in [-0.39, 0.29) is 31.1 Å². The minimum absolute atomic E-state index is 0.0329. The SMILES string of the molecule is CC(C)CC(NC(=O)C(N)CCC(=O)O)C(=O)NC(CC(C)C)C(=O)N1CCCC1C(=O)O. The van der Waals surface area contributed by atoms with E-state index in [2.05, 4.69) is 10.6 Å². The summed E-state index contributed by atoms with van der Waals surface area (Å²) in [4.78, 5) is 62.2. The van der Waals surface area contributed by atoms with E-state index >= 15 is 0 Å². The van der Waals surface area contributed by atoms with Crippen LogP contribution >= 0.6 is 0 Å². The molecule has 4 atom stereocenters. The Morgan fingerprint density at radius 3 is 2.00 bits per heavy atom. The third-order valence-electron chi connectivity index (χ3n) is 5.49. The molecule has 0 spiro atoms. The zero-order valence-electron chi connectivity index (χ0n) is 19.9. The molecule has 0 aromatic carbocycles. The molecule has 3 amide bonds. The summed E-state index contributed by atoms with van der Waals surface area (Å²) in [6.45, 7) is 7.83. The summed E-state index contributed by atoms with van der Waals surface area (Å²) in [7, 11) is 0. The lowest BCUT2D eigenvalue weighted by Gasteiger charge is -2.30. The van der Waals surface area contributed by atoms with Crippen molar-refractivity contribution in [3.8, 4) is 0 Å². The van der Waals surface area contributed by atoms with Crippen LogP contribution in [-0.2, 0) is 24.0 Å². The molecular weight excluding hydrogens is 432 g/mol. The van der Waals surface area contributed by atoms with Gasteiger partial charge in [0, 0.05) is 13.0 Å². The number of carboxylic acid groups (broad SMARTS) is 2. The Hall–Kier alpha value is -2.69. The van der Waals surface area contributed by atoms with Crippen LogP contribution < -0.4 is 16.4 Å². The number of carbonyl (C=O) groups is 5. The Bertz CT molecular complexity index is 726. The number of aliphatic carboxylic acids is 2. The van der Waals surface area contributed by atoms with Crippen LogP contribution in [0.3, 0.4) is 0 Å². The minimum atomic E-state index is -1.09. The number of likely N-dealkylation sites (tertiary alicyclic amines) is 1. The van der Waals surface area contributed by atoms with Crippen LogP contribution in [0.5, 0.6) is 0 Å². The van der Waals surface area contributed by atoms with Gasteiger partial charge in [-0.3, -0.25) is 19.2 Å². The molecule has 1 aliphatic rings. The Labute approximate surface area is 194 Å². The quantitative estimate of drug-likeness (QED) is 0.255. The van der Waals surface area contributed by atoms with Crippen LogP contribution in [0.1, 0.15) is 66.2 Å². The molecule has 0 aromatic heterocycles. The summed E-state index contributed by atoms with van der Waals surface area (Å²) < 4.78 is 0. The van der Waals surface area contributed by atoms with E-state index in [1.54, 1.807) is 0 Å². The fourth-order valence-electron chi connectivity index (χ4n) is 3.84. The lowest BCUT2D eigenvalue weighted by atomic mass is 9.99. The molecule has 0 radical (unpaired) electrons. The summed E-state index contributed by atoms with van der Waals surface area (Å²) in [5, 5.41) is 23.5. The Kier molecular flexibility index (Phi) is 11.3. The molecule has 1 heterocycles. The van der Waals surface area contributed by atoms with Gasteiger partial charge in [0.2, 0.25) is 17.7 Å². The van der Waals surface area contributed by atoms with Gasteiger partial charge >= 0.3 is 11.9 Å². The third-order valence-corrected chi connectivity index (χ3v) is 5.49. The van der Waals surface area contributed by atoms with Crippen LogP contribution in [0.2, 0.25) is 0 Å². The van der Waals surface area contributed by atoms with Crippen LogP contribution in [0.15, 0.2) is 0 Å². The number of nitrogens with two attached hydrogens (primary N) is 1. The standard InChI is InChI=1S/C22H38N4O7/c1-12(2)10-15(24-19(29)14(23)7-8-18(27)28)20(30)25-16(11-13(3)4)21(31)26-9-5-6-17(26)22(32)33/h12-17H,5-11,23H2,1-4H3,(H,24,29)(H,25,30)(H,27,28)(H,32,33). The van der Waals surface area contributed by atoms with E-state index < -0.39 is 53.8 Å². The van der Waals surface area contributed by atoms with Crippen molar-refractivity contribution in [3.05, 3.63) is 0 Å². The molecule has 1 saturated heterocycles. The molecule has 11 nitrogen and oxygen atoms in total. The Morgan fingerprint density at radius 2 is 1.48 bits per heavy atom. The summed E-state index contributed by atoms with van der Waals surface area (Å²) >= 11 is 0. The minimum Gasteiger partial charge on any atom is -0.481 e. The van der Waals surface area contributed by atoms with Crippen molar-refractivity contribution in [2.24, 2.45) is 17.6 Å². The summed E-state index contributed by atoms with van der Waals surface area (Å²) in [5.41, 5.74) is 5.76. The van der Waals surface area contributed by atoms with Gasteiger partial charge in [0.1, 0.15) is 18.1 Å². The largest absolute Gasteiger partial charge is 0.481 e. The van der Waals surface area contributed by atoms with E-state index in [1.807, 2.05) is 27.7 Å². The van der Waals surface area contributed by atoms with E-state index in [1.165, 1.54) is 4.90 Å². The lowest BCUT2D eigenvalue weighted by Crippen LogP contribution is -2.57. The van der Waals surface area contributed by atoms with E-state index in [0.29, 0.717) is 25.8 Å². The molecule has 0 aliphatic carbocycles. The van der Waals surface area contributed by atoms with Crippen molar-refractivity contribution in [1.29, 1.82) is 0 Å². The van der Waals surface area contributed by atoms with Gasteiger partial charge in [0.15, 0.2) is 0 Å². The van der Waals surface area contributed by atoms with E-state index in [0.717, 1.165) is 0 Å². The van der Waals surface area contributed by atoms with Crippen molar-refractivity contribution in [2.45, 2.75) is 90.4 Å². The predicted octanol–water partition coefficient (Wildman–Crippen LogP) is 0.316. The van der Waals surface area contributed by atoms with Crippen molar-refractivity contribution in [1.82, 2.24) is 15.5 Å². The molecule has 33 heavy (non-hydrogen) atoms. The first-order valence-corrected chi connectivity index (χ1v) is 11.4. The Balaban J connectivity index is 2.96. The van der Waals surface area contributed by atoms with E-state index in [9.17, 15) is 29.1 Å². The molecule has 1 rings (SSSR count). The first kappa shape index (κ1) is 28.3. The zero-order chi connectivity index (χ0) is 25.3. The van der Waals surface area contributed by atoms with Crippen molar-refractivity contribution >= 4 is 29.7 Å². The molecule has 11 heteroatoms. The number of carbonyl (C=O) groups excluding carboxylic acids is 3. The number of amides is 3. The van der Waals surface area contributed by atoms with Crippen LogP contribution in [-0.4, -0.2) is 75.5 Å². The average molecular weight is 471 g/mol. The predicted molar refractivity (Wildman–Crippen MR) is 120 cm³/mol. The summed E-state index contributed by atoms with van der Waals surface area (Å²) in [5.74, 6) is -3.73. The molecule has 0 saturated carbocycles. The van der Waals surface area contributed by atoms with Crippen LogP contribution in [0.25, 0.3) is 0 Å². The molecule has 1 fully saturated rings. The number of nitrogens with zero attached hydrogens (tertiary/aromatic N) is 1. The maximum Gasteiger partial charge on any atom is 0.326 e. The highest BCUT2D eigenvalue weighted by molar-refractivity contribution is 5.94. The average Bonchev–Trinajstić information content (AvgIpc) is 3.19. The second kappa shape index (κ2) is 13.1. The van der Waals surface area contributed by atoms with Crippen molar-refractivity contribution < 1.29 is 34.2 Å². The van der Waals surface area contributed by atoms with Gasteiger partial charge in [-0.05, 0) is 43.9 Å². The second-order valence-electron chi connectivity index (χ2n) is 9.45. The van der Waals surface area contributed by atoms with Gasteiger partial charge in [0.25, 0.3) is 0 Å². The Morgan fingerprint density at radius 1 is 0.939 bits per heavy atom. The van der Waals surface area contributed by atoms with Crippen LogP contribution in [0, 0.1) is 11.8 Å². The number of carboxylic acids is 2. The molecule has 0 aromatic rings. The summed E-state index contributed by atoms with van der Waals surface area (Å²) in [6.07, 6.45) is 1.19. The highest BCUT2D eigenvalue weighted by atomic mass is 16.4. The van der Waals surface area contributed by atoms with Gasteiger partial charge in [-0.2, -0.15) is 0 Å². The summed E-state index contributed by atoms with van der Waals surface area (Å²) in [6, 6.07) is -3.89. The van der Waals surface area contributed by atoms with Gasteiger partial charge in [-0.1, -0.05) is 27.7 Å². The molecule has 188 valence electrons. The highest BCUT2D eigenvalue weighted by Gasteiger charge is 2.38. The number of hydrogen-bond acceptors (Lipinski definition) is 6. The van der Waals surface area contributed by atoms with Gasteiger partial charge in [-0.25, -0.2) is 4.79 Å². The number of nitrogens with one attached hydrogen (secondary N) is 2. The van der Waals surface area contributed by atoms with Gasteiger partial charge < -0.3 is 31.5 Å². The topological polar surface area (TPSA) is 179 Å². The fraction of sp³-hybridized carbons (Fsp3) is 0.773. The lowest BCUT2D eigenvalue weighted by molar-refractivity contribution is -0.149. The zero-order valence-corrected chi connectivity index (χ0v) is 19.9. The van der Waals surface area contributed by atoms with Crippen LogP contribution in [0.4, 0.5) is 0 Å². The second-order valence-corrected chi connectivity index (χ2v) is 9.45. The smallest absolute Gasteiger partial charge is 0.326 e. The van der Waals surface area contributed by atoms with Gasteiger partial charge in [-0.15, -0.1) is 0 Å². The molecule has 0 bridgehead atoms. The van der Waals surface area contributed by atoms with Crippen molar-refractivity contribution in [3.63, 3.8) is 0 Å². The highest BCUT2D eigenvalue weighted by Crippen LogP contribution is 2.20. The maximum absolute atomic E-state index is 13.1. The molecule has 6 N–H and O–H groups in total. The first-order valence-electron chi connectivity index (χ1n) is 11.4. The normalized spacial score (nSPS) is 18.6. The first-order chi connectivity index (χ1) is 15.3. The number of hydrogen-bond donors (Lipinski definition) is 5. The van der Waals surface area contributed by atoms with Gasteiger partial charge in [0.05, 0.1) is 6.04 Å². The molecule has 1 aliphatic heterocycles. The molecular formula is C22H38N4O7. The third kappa shape index (κ3) is 9.37. The van der Waals surface area contributed by atoms with E-state index in [4.69, 9.17) is 10.8 Å². The molecule has 4 unspecified atom stereocenters.